The van der Waals surface area contributed by atoms with Gasteiger partial charge in [0.05, 0.1) is 6.42 Å². The Bertz CT molecular complexity index is 430. The van der Waals surface area contributed by atoms with Gasteiger partial charge in [-0.15, -0.1) is 10.2 Å². The van der Waals surface area contributed by atoms with Crippen molar-refractivity contribution in [3.05, 3.63) is 5.82 Å². The first-order valence-electron chi connectivity index (χ1n) is 4.19. The van der Waals surface area contributed by atoms with Crippen molar-refractivity contribution in [1.82, 2.24) is 14.9 Å². The van der Waals surface area contributed by atoms with Crippen molar-refractivity contribution in [3.8, 4) is 0 Å². The van der Waals surface area contributed by atoms with Gasteiger partial charge in [-0.3, -0.25) is 15.0 Å². The smallest absolute Gasteiger partial charge is 0.305 e. The van der Waals surface area contributed by atoms with Crippen LogP contribution in [-0.4, -0.2) is 37.1 Å². The third kappa shape index (κ3) is 1.80. The number of carbonyl (C=O) groups is 2. The van der Waals surface area contributed by atoms with Crippen molar-refractivity contribution in [2.45, 2.75) is 23.8 Å². The summed E-state index contributed by atoms with van der Waals surface area (Å²) >= 11 is 1.11. The van der Waals surface area contributed by atoms with Gasteiger partial charge in [0.15, 0.2) is 0 Å². The highest BCUT2D eigenvalue weighted by Gasteiger charge is 2.31. The van der Waals surface area contributed by atoms with E-state index in [-0.39, 0.29) is 12.3 Å². The van der Waals surface area contributed by atoms with Crippen LogP contribution in [-0.2, 0) is 9.59 Å². The third-order valence-electron chi connectivity index (χ3n) is 1.92. The summed E-state index contributed by atoms with van der Waals surface area (Å²) in [5.74, 6) is -0.773. The van der Waals surface area contributed by atoms with Gasteiger partial charge < -0.3 is 5.11 Å². The molecular weight excluding hydrogens is 220 g/mol. The number of aromatic nitrogens is 3. The van der Waals surface area contributed by atoms with E-state index < -0.39 is 11.2 Å². The molecule has 0 aliphatic carbocycles. The van der Waals surface area contributed by atoms with E-state index in [1.165, 1.54) is 4.68 Å². The predicted molar refractivity (Wildman–Crippen MR) is 51.0 cm³/mol. The molecule has 15 heavy (non-hydrogen) atoms. The Balaban J connectivity index is 2.23. The molecule has 0 spiro atoms. The number of aliphatic carboxylic acids is 1. The number of thioether (sulfide) groups is 1. The molecule has 2 rings (SSSR count). The van der Waals surface area contributed by atoms with E-state index >= 15 is 0 Å². The minimum absolute atomic E-state index is 0.220. The zero-order valence-electron chi connectivity index (χ0n) is 7.80. The van der Waals surface area contributed by atoms with Crippen LogP contribution in [0.25, 0.3) is 0 Å². The van der Waals surface area contributed by atoms with Crippen LogP contribution in [0.15, 0.2) is 5.16 Å². The molecule has 0 saturated heterocycles. The molecule has 7 nitrogen and oxygen atoms in total. The lowest BCUT2D eigenvalue weighted by Crippen LogP contribution is -2.37. The molecule has 2 heterocycles. The zero-order chi connectivity index (χ0) is 11.0. The lowest BCUT2D eigenvalue weighted by molar-refractivity contribution is -0.138. The normalized spacial score (nSPS) is 19.5. The second kappa shape index (κ2) is 3.54. The average molecular weight is 228 g/mol. The molecule has 80 valence electrons. The monoisotopic (exact) mass is 228 g/mol. The minimum atomic E-state index is -1.01. The maximum atomic E-state index is 11.5. The summed E-state index contributed by atoms with van der Waals surface area (Å²) in [6, 6.07) is 0. The summed E-state index contributed by atoms with van der Waals surface area (Å²) in [6.07, 6.45) is -0.220. The highest BCUT2D eigenvalue weighted by molar-refractivity contribution is 8.00. The van der Waals surface area contributed by atoms with E-state index in [2.05, 4.69) is 15.6 Å². The van der Waals surface area contributed by atoms with E-state index in [0.717, 1.165) is 11.8 Å². The Morgan fingerprint density at radius 2 is 2.40 bits per heavy atom. The summed E-state index contributed by atoms with van der Waals surface area (Å²) in [6.45, 7) is 1.70. The number of hydrogen-bond donors (Lipinski definition) is 2. The molecule has 0 fully saturated rings. The van der Waals surface area contributed by atoms with Gasteiger partial charge in [-0.25, -0.2) is 4.68 Å². The maximum Gasteiger partial charge on any atom is 0.305 e. The number of carboxylic acids is 1. The first-order chi connectivity index (χ1) is 7.08. The fraction of sp³-hybridized carbons (Fsp3) is 0.429. The number of nitrogens with one attached hydrogen (secondary N) is 1. The van der Waals surface area contributed by atoms with Gasteiger partial charge in [0.1, 0.15) is 11.1 Å². The number of carboxylic acid groups (broad SMARTS) is 1. The number of amides is 1. The van der Waals surface area contributed by atoms with Gasteiger partial charge in [-0.05, 0) is 6.92 Å². The molecule has 1 atom stereocenters. The fourth-order valence-corrected chi connectivity index (χ4v) is 2.22. The van der Waals surface area contributed by atoms with Crippen molar-refractivity contribution < 1.29 is 14.7 Å². The van der Waals surface area contributed by atoms with E-state index in [0.29, 0.717) is 11.0 Å². The first kappa shape index (κ1) is 9.97. The standard InChI is InChI=1S/C7H8N4O3S/c1-3-8-9-7-11(3)10-6(14)4(15-7)2-5(12)13/h4H,2H2,1H3,(H,10,14)(H,12,13). The van der Waals surface area contributed by atoms with Gasteiger partial charge in [0.2, 0.25) is 5.16 Å². The van der Waals surface area contributed by atoms with Gasteiger partial charge in [-0.2, -0.15) is 0 Å². The van der Waals surface area contributed by atoms with Crippen molar-refractivity contribution in [2.75, 3.05) is 5.43 Å². The van der Waals surface area contributed by atoms with E-state index in [1.807, 2.05) is 0 Å². The Labute approximate surface area is 88.8 Å². The van der Waals surface area contributed by atoms with Crippen LogP contribution >= 0.6 is 11.8 Å². The topological polar surface area (TPSA) is 97.1 Å². The van der Waals surface area contributed by atoms with E-state index in [4.69, 9.17) is 5.11 Å². The molecule has 0 bridgehead atoms. The number of rotatable bonds is 2. The molecule has 1 amide bonds. The maximum absolute atomic E-state index is 11.5. The molecule has 8 heteroatoms. The Kier molecular flexibility index (Phi) is 2.35. The second-order valence-corrected chi connectivity index (χ2v) is 4.22. The van der Waals surface area contributed by atoms with Gasteiger partial charge >= 0.3 is 5.97 Å². The molecular formula is C7H8N4O3S. The van der Waals surface area contributed by atoms with Crippen LogP contribution in [0.5, 0.6) is 0 Å². The molecule has 0 saturated carbocycles. The summed E-state index contributed by atoms with van der Waals surface area (Å²) in [5.41, 5.74) is 2.53. The largest absolute Gasteiger partial charge is 0.481 e. The highest BCUT2D eigenvalue weighted by atomic mass is 32.2. The molecule has 1 aromatic rings. The minimum Gasteiger partial charge on any atom is -0.481 e. The first-order valence-corrected chi connectivity index (χ1v) is 5.07. The SMILES string of the molecule is Cc1nnc2n1NC(=O)C(CC(=O)O)S2. The fourth-order valence-electron chi connectivity index (χ4n) is 1.20. The zero-order valence-corrected chi connectivity index (χ0v) is 8.61. The molecule has 1 aromatic heterocycles. The number of aryl methyl sites for hydroxylation is 1. The molecule has 1 unspecified atom stereocenters. The summed E-state index contributed by atoms with van der Waals surface area (Å²) in [4.78, 5) is 22.0. The third-order valence-corrected chi connectivity index (χ3v) is 3.06. The van der Waals surface area contributed by atoms with Crippen molar-refractivity contribution in [1.29, 1.82) is 0 Å². The van der Waals surface area contributed by atoms with Crippen molar-refractivity contribution in [3.63, 3.8) is 0 Å². The molecule has 0 radical (unpaired) electrons. The number of hydrogen-bond acceptors (Lipinski definition) is 5. The van der Waals surface area contributed by atoms with Crippen LogP contribution in [0.3, 0.4) is 0 Å². The molecule has 2 N–H and O–H groups in total. The lowest BCUT2D eigenvalue weighted by Gasteiger charge is -2.21. The molecule has 1 aliphatic heterocycles. The van der Waals surface area contributed by atoms with Crippen LogP contribution in [0, 0.1) is 6.92 Å². The summed E-state index contributed by atoms with van der Waals surface area (Å²) < 4.78 is 1.45. The highest BCUT2D eigenvalue weighted by Crippen LogP contribution is 2.27. The Hall–Kier alpha value is -1.57. The number of fused-ring (bicyclic) bond motifs is 1. The molecule has 1 aliphatic rings. The molecule has 0 aromatic carbocycles. The summed E-state index contributed by atoms with van der Waals surface area (Å²) in [7, 11) is 0. The van der Waals surface area contributed by atoms with E-state index in [9.17, 15) is 9.59 Å². The van der Waals surface area contributed by atoms with Crippen molar-refractivity contribution in [2.24, 2.45) is 0 Å². The van der Waals surface area contributed by atoms with E-state index in [1.54, 1.807) is 6.92 Å². The van der Waals surface area contributed by atoms with Crippen molar-refractivity contribution >= 4 is 23.6 Å². The Morgan fingerprint density at radius 1 is 1.67 bits per heavy atom. The quantitative estimate of drug-likeness (QED) is 0.715. The number of carbonyl (C=O) groups excluding carboxylic acids is 1. The Morgan fingerprint density at radius 3 is 3.07 bits per heavy atom. The van der Waals surface area contributed by atoms with Crippen LogP contribution in [0.1, 0.15) is 12.2 Å². The van der Waals surface area contributed by atoms with Crippen LogP contribution in [0.2, 0.25) is 0 Å². The number of nitrogens with zero attached hydrogens (tertiary/aromatic N) is 3. The van der Waals surface area contributed by atoms with Crippen LogP contribution in [0.4, 0.5) is 0 Å². The van der Waals surface area contributed by atoms with Gasteiger partial charge in [0, 0.05) is 0 Å². The second-order valence-electron chi connectivity index (χ2n) is 3.05. The average Bonchev–Trinajstić information content (AvgIpc) is 2.48. The van der Waals surface area contributed by atoms with Gasteiger partial charge in [-0.1, -0.05) is 11.8 Å². The van der Waals surface area contributed by atoms with Crippen LogP contribution < -0.4 is 5.43 Å². The summed E-state index contributed by atoms with van der Waals surface area (Å²) in [5, 5.41) is 16.1. The predicted octanol–water partition coefficient (Wildman–Crippen LogP) is -0.394. The van der Waals surface area contributed by atoms with Gasteiger partial charge in [0.25, 0.3) is 5.91 Å². The lowest BCUT2D eigenvalue weighted by atomic mass is 10.3.